The van der Waals surface area contributed by atoms with Crippen LogP contribution in [0.2, 0.25) is 5.02 Å². The number of rotatable bonds is 1. The summed E-state index contributed by atoms with van der Waals surface area (Å²) in [4.78, 5) is 12.0. The number of carbonyl (C=O) groups is 1. The molecule has 5 nitrogen and oxygen atoms in total. The summed E-state index contributed by atoms with van der Waals surface area (Å²) in [6.45, 7) is 2.92. The molecule has 2 N–H and O–H groups in total. The fraction of sp³-hybridized carbons (Fsp3) is 0.308. The van der Waals surface area contributed by atoms with Crippen LogP contribution in [0.15, 0.2) is 18.2 Å². The summed E-state index contributed by atoms with van der Waals surface area (Å²) in [5, 5.41) is 0.177. The predicted octanol–water partition coefficient (Wildman–Crippen LogP) is 1.11. The van der Waals surface area contributed by atoms with Crippen LogP contribution < -0.4 is 10.0 Å². The summed E-state index contributed by atoms with van der Waals surface area (Å²) in [5.74, 6) is 4.92. The molecule has 1 aromatic rings. The Bertz CT molecular complexity index is 745. The summed E-state index contributed by atoms with van der Waals surface area (Å²) in [6.07, 6.45) is 0. The molecule has 1 aliphatic heterocycles. The monoisotopic (exact) mass is 312 g/mol. The van der Waals surface area contributed by atoms with Crippen LogP contribution in [-0.4, -0.2) is 25.6 Å². The third-order valence-electron chi connectivity index (χ3n) is 3.08. The highest BCUT2D eigenvalue weighted by Gasteiger charge is 2.61. The highest BCUT2D eigenvalue weighted by atomic mass is 35.5. The van der Waals surface area contributed by atoms with E-state index in [1.807, 2.05) is 0 Å². The van der Waals surface area contributed by atoms with Crippen molar-refractivity contribution in [3.63, 3.8) is 0 Å². The van der Waals surface area contributed by atoms with Gasteiger partial charge in [0.2, 0.25) is 0 Å². The van der Waals surface area contributed by atoms with Gasteiger partial charge < -0.3 is 5.73 Å². The first-order valence-electron chi connectivity index (χ1n) is 5.81. The average Bonchev–Trinajstić information content (AvgIpc) is 2.39. The Morgan fingerprint density at radius 2 is 2.05 bits per heavy atom. The topological polar surface area (TPSA) is 80.5 Å². The predicted molar refractivity (Wildman–Crippen MR) is 77.9 cm³/mol. The van der Waals surface area contributed by atoms with Crippen molar-refractivity contribution in [3.8, 4) is 11.8 Å². The van der Waals surface area contributed by atoms with E-state index < -0.39 is 20.7 Å². The van der Waals surface area contributed by atoms with Gasteiger partial charge in [-0.05, 0) is 32.0 Å². The minimum atomic E-state index is -3.74. The Kier molecular flexibility index (Phi) is 3.54. The lowest BCUT2D eigenvalue weighted by Crippen LogP contribution is -2.67. The van der Waals surface area contributed by atoms with Crippen LogP contribution in [0.25, 0.3) is 0 Å². The number of hydrogen-bond acceptors (Lipinski definition) is 4. The third-order valence-corrected chi connectivity index (χ3v) is 5.71. The van der Waals surface area contributed by atoms with Gasteiger partial charge in [0.05, 0.1) is 17.3 Å². The molecule has 0 radical (unpaired) electrons. The molecule has 20 heavy (non-hydrogen) atoms. The van der Waals surface area contributed by atoms with E-state index in [0.29, 0.717) is 5.56 Å². The third kappa shape index (κ3) is 1.99. The molecule has 1 amide bonds. The Hall–Kier alpha value is -1.55. The van der Waals surface area contributed by atoms with Crippen LogP contribution in [0.1, 0.15) is 19.4 Å². The lowest BCUT2D eigenvalue weighted by atomic mass is 10.1. The van der Waals surface area contributed by atoms with Gasteiger partial charge in [-0.25, -0.2) is 12.7 Å². The van der Waals surface area contributed by atoms with E-state index in [1.165, 1.54) is 26.0 Å². The number of benzene rings is 1. The second-order valence-electron chi connectivity index (χ2n) is 4.76. The lowest BCUT2D eigenvalue weighted by Gasteiger charge is -2.43. The molecule has 1 aliphatic rings. The summed E-state index contributed by atoms with van der Waals surface area (Å²) < 4.78 is 23.6. The van der Waals surface area contributed by atoms with Crippen molar-refractivity contribution in [1.82, 2.24) is 0 Å². The number of hydrogen-bond donors (Lipinski definition) is 1. The molecule has 1 saturated heterocycles. The molecule has 1 aromatic carbocycles. The van der Waals surface area contributed by atoms with E-state index in [0.717, 1.165) is 4.31 Å². The largest absolute Gasteiger partial charge is 0.320 e. The molecule has 0 atom stereocenters. The summed E-state index contributed by atoms with van der Waals surface area (Å²) in [7, 11) is -3.74. The van der Waals surface area contributed by atoms with E-state index >= 15 is 0 Å². The molecular weight excluding hydrogens is 300 g/mol. The molecular formula is C13H13ClN2O3S. The number of halogens is 1. The number of sulfonamides is 1. The average molecular weight is 313 g/mol. The van der Waals surface area contributed by atoms with Gasteiger partial charge in [-0.15, -0.1) is 0 Å². The van der Waals surface area contributed by atoms with Crippen molar-refractivity contribution >= 4 is 33.2 Å². The molecule has 0 bridgehead atoms. The summed E-state index contributed by atoms with van der Waals surface area (Å²) in [6, 6.07) is 4.61. The molecule has 1 fully saturated rings. The van der Waals surface area contributed by atoms with Crippen LogP contribution >= 0.6 is 11.6 Å². The van der Waals surface area contributed by atoms with Crippen molar-refractivity contribution in [2.24, 2.45) is 5.73 Å². The zero-order valence-corrected chi connectivity index (χ0v) is 12.5. The van der Waals surface area contributed by atoms with Crippen LogP contribution in [0.5, 0.6) is 0 Å². The van der Waals surface area contributed by atoms with Gasteiger partial charge in [0.25, 0.3) is 15.9 Å². The summed E-state index contributed by atoms with van der Waals surface area (Å²) in [5.41, 5.74) is 5.95. The van der Waals surface area contributed by atoms with Crippen molar-refractivity contribution in [1.29, 1.82) is 0 Å². The van der Waals surface area contributed by atoms with Crippen molar-refractivity contribution in [2.45, 2.75) is 18.6 Å². The van der Waals surface area contributed by atoms with Gasteiger partial charge in [0.15, 0.2) is 4.75 Å². The smallest absolute Gasteiger partial charge is 0.263 e. The van der Waals surface area contributed by atoms with Crippen LogP contribution in [0.3, 0.4) is 0 Å². The van der Waals surface area contributed by atoms with Crippen LogP contribution in [0, 0.1) is 11.8 Å². The quantitative estimate of drug-likeness (QED) is 0.788. The van der Waals surface area contributed by atoms with E-state index in [2.05, 4.69) is 11.8 Å². The number of nitrogens with zero attached hydrogens (tertiary/aromatic N) is 1. The molecule has 0 unspecified atom stereocenters. The maximum absolute atomic E-state index is 12.1. The van der Waals surface area contributed by atoms with Crippen LogP contribution in [0.4, 0.5) is 5.69 Å². The van der Waals surface area contributed by atoms with Crippen molar-refractivity contribution < 1.29 is 13.2 Å². The fourth-order valence-electron chi connectivity index (χ4n) is 1.79. The fourth-order valence-corrected chi connectivity index (χ4v) is 3.54. The zero-order valence-electron chi connectivity index (χ0n) is 11.0. The van der Waals surface area contributed by atoms with Gasteiger partial charge in [-0.3, -0.25) is 4.79 Å². The summed E-state index contributed by atoms with van der Waals surface area (Å²) >= 11 is 5.99. The molecule has 0 spiro atoms. The Labute approximate surface area is 122 Å². The minimum Gasteiger partial charge on any atom is -0.320 e. The normalized spacial score (nSPS) is 19.0. The Morgan fingerprint density at radius 3 is 2.60 bits per heavy atom. The molecule has 7 heteroatoms. The number of amides is 1. The van der Waals surface area contributed by atoms with Crippen LogP contribution in [-0.2, 0) is 14.8 Å². The van der Waals surface area contributed by atoms with E-state index in [4.69, 9.17) is 17.3 Å². The van der Waals surface area contributed by atoms with Crippen molar-refractivity contribution in [3.05, 3.63) is 28.8 Å². The SMILES string of the molecule is CC1(C)C(=O)N(c2cc(C#CCN)ccc2Cl)S1(=O)=O. The first kappa shape index (κ1) is 14.9. The van der Waals surface area contributed by atoms with Crippen molar-refractivity contribution in [2.75, 3.05) is 10.8 Å². The first-order valence-corrected chi connectivity index (χ1v) is 7.63. The first-order chi connectivity index (χ1) is 9.23. The van der Waals surface area contributed by atoms with Gasteiger partial charge in [0.1, 0.15) is 0 Å². The van der Waals surface area contributed by atoms with Gasteiger partial charge in [0, 0.05) is 5.56 Å². The van der Waals surface area contributed by atoms with Gasteiger partial charge in [-0.2, -0.15) is 0 Å². The van der Waals surface area contributed by atoms with E-state index in [1.54, 1.807) is 6.07 Å². The molecule has 2 rings (SSSR count). The minimum absolute atomic E-state index is 0.125. The van der Waals surface area contributed by atoms with Gasteiger partial charge in [-0.1, -0.05) is 23.4 Å². The standard InChI is InChI=1S/C13H13ClN2O3S/c1-13(2)12(17)16(20(13,18)19)11-8-9(4-3-7-15)5-6-10(11)14/h5-6,8H,7,15H2,1-2H3. The van der Waals surface area contributed by atoms with Gasteiger partial charge >= 0.3 is 0 Å². The maximum atomic E-state index is 12.1. The number of carbonyl (C=O) groups excluding carboxylic acids is 1. The highest BCUT2D eigenvalue weighted by Crippen LogP contribution is 2.42. The van der Waals surface area contributed by atoms with E-state index in [-0.39, 0.29) is 17.3 Å². The number of nitrogens with two attached hydrogens (primary N) is 1. The highest BCUT2D eigenvalue weighted by molar-refractivity contribution is 7.98. The maximum Gasteiger partial charge on any atom is 0.263 e. The zero-order chi connectivity index (χ0) is 15.1. The molecule has 0 aliphatic carbocycles. The second-order valence-corrected chi connectivity index (χ2v) is 7.50. The second kappa shape index (κ2) is 4.77. The van der Waals surface area contributed by atoms with E-state index in [9.17, 15) is 13.2 Å². The lowest BCUT2D eigenvalue weighted by molar-refractivity contribution is -0.120. The molecule has 106 valence electrons. The molecule has 0 saturated carbocycles. The molecule has 1 heterocycles. The molecule has 0 aromatic heterocycles. The Morgan fingerprint density at radius 1 is 1.40 bits per heavy atom. The Balaban J connectivity index is 2.52. The number of anilines is 1.